The van der Waals surface area contributed by atoms with E-state index in [1.165, 1.54) is 16.8 Å². The van der Waals surface area contributed by atoms with E-state index in [0.29, 0.717) is 5.92 Å². The van der Waals surface area contributed by atoms with Crippen molar-refractivity contribution in [2.24, 2.45) is 0 Å². The number of aromatic nitrogens is 2. The predicted octanol–water partition coefficient (Wildman–Crippen LogP) is 2.40. The zero-order chi connectivity index (χ0) is 29.4. The van der Waals surface area contributed by atoms with Crippen LogP contribution in [0.2, 0.25) is 5.02 Å². The lowest BCUT2D eigenvalue weighted by Crippen LogP contribution is -2.42. The van der Waals surface area contributed by atoms with Gasteiger partial charge in [0, 0.05) is 49.2 Å². The summed E-state index contributed by atoms with van der Waals surface area (Å²) >= 11 is 6.15. The second-order valence-electron chi connectivity index (χ2n) is 10.2. The quantitative estimate of drug-likeness (QED) is 0.342. The normalized spacial score (nSPS) is 15.7. The fraction of sp³-hybridized carbons (Fsp3) is 0.519. The third kappa shape index (κ3) is 8.59. The molecule has 0 amide bonds. The summed E-state index contributed by atoms with van der Waals surface area (Å²) in [5.41, 5.74) is 1.02. The molecule has 0 unspecified atom stereocenters. The molecule has 0 saturated carbocycles. The maximum Gasteiger partial charge on any atom is 0.336 e. The Morgan fingerprint density at radius 3 is 2.25 bits per heavy atom. The molecular weight excluding hydrogens is 544 g/mol. The van der Waals surface area contributed by atoms with Gasteiger partial charge in [-0.15, -0.1) is 0 Å². The first-order valence-corrected chi connectivity index (χ1v) is 13.3. The first-order chi connectivity index (χ1) is 18.9. The van der Waals surface area contributed by atoms with Crippen LogP contribution < -0.4 is 4.90 Å². The molecule has 2 aliphatic rings. The summed E-state index contributed by atoms with van der Waals surface area (Å²) in [6.07, 6.45) is -1.30. The summed E-state index contributed by atoms with van der Waals surface area (Å²) in [7, 11) is 0. The van der Waals surface area contributed by atoms with Crippen molar-refractivity contribution in [3.63, 3.8) is 0 Å². The lowest BCUT2D eigenvalue weighted by atomic mass is 9.96. The predicted molar refractivity (Wildman–Crippen MR) is 146 cm³/mol. The van der Waals surface area contributed by atoms with Crippen LogP contribution in [-0.4, -0.2) is 91.7 Å². The van der Waals surface area contributed by atoms with Crippen LogP contribution in [0.1, 0.15) is 55.3 Å². The van der Waals surface area contributed by atoms with Crippen LogP contribution in [0.5, 0.6) is 0 Å². The Morgan fingerprint density at radius 1 is 1.05 bits per heavy atom. The van der Waals surface area contributed by atoms with Gasteiger partial charge in [0.25, 0.3) is 0 Å². The number of anilines is 1. The summed E-state index contributed by atoms with van der Waals surface area (Å²) in [5.74, 6) is -2.62. The van der Waals surface area contributed by atoms with Crippen LogP contribution in [0.25, 0.3) is 0 Å². The van der Waals surface area contributed by atoms with Gasteiger partial charge in [-0.1, -0.05) is 37.6 Å². The largest absolute Gasteiger partial charge is 0.481 e. The maximum absolute atomic E-state index is 10.3. The third-order valence-corrected chi connectivity index (χ3v) is 6.78. The molecule has 2 aliphatic heterocycles. The number of carbonyl (C=O) groups is 3. The van der Waals surface area contributed by atoms with Gasteiger partial charge in [-0.2, -0.15) is 0 Å². The van der Waals surface area contributed by atoms with Crippen molar-refractivity contribution in [2.45, 2.75) is 57.7 Å². The molecule has 0 atom stereocenters. The maximum atomic E-state index is 10.3. The number of nitrogens with zero attached hydrogens (tertiary/aromatic N) is 4. The van der Waals surface area contributed by atoms with Crippen LogP contribution in [-0.2, 0) is 38.6 Å². The molecule has 12 nitrogen and oxygen atoms in total. The van der Waals surface area contributed by atoms with E-state index in [1.54, 1.807) is 0 Å². The molecule has 1 saturated heterocycles. The highest BCUT2D eigenvalue weighted by Crippen LogP contribution is 2.29. The molecule has 1 aromatic carbocycles. The molecule has 0 bridgehead atoms. The van der Waals surface area contributed by atoms with Gasteiger partial charge >= 0.3 is 17.9 Å². The van der Waals surface area contributed by atoms with Gasteiger partial charge in [-0.3, -0.25) is 14.5 Å². The van der Waals surface area contributed by atoms with E-state index < -0.39 is 36.4 Å². The van der Waals surface area contributed by atoms with Crippen molar-refractivity contribution in [2.75, 3.05) is 37.7 Å². The molecule has 4 rings (SSSR count). The summed E-state index contributed by atoms with van der Waals surface area (Å²) in [6, 6.07) is 8.13. The molecule has 2 aromatic rings. The number of hydrogen-bond donors (Lipinski definition) is 4. The number of rotatable bonds is 9. The van der Waals surface area contributed by atoms with Crippen LogP contribution in [0.3, 0.4) is 0 Å². The number of fused-ring (bicyclic) bond motifs is 1. The number of benzene rings is 1. The monoisotopic (exact) mass is 578 g/mol. The highest BCUT2D eigenvalue weighted by Gasteiger charge is 2.40. The number of aliphatic carboxylic acids is 3. The highest BCUT2D eigenvalue weighted by atomic mass is 35.5. The molecule has 0 radical (unpaired) electrons. The summed E-state index contributed by atoms with van der Waals surface area (Å²) in [4.78, 5) is 45.2. The van der Waals surface area contributed by atoms with Crippen molar-refractivity contribution < 1.29 is 39.5 Å². The Bertz CT molecular complexity index is 1200. The number of carboxylic acid groups (broad SMARTS) is 3. The van der Waals surface area contributed by atoms with Gasteiger partial charge in [0.15, 0.2) is 5.60 Å². The molecule has 1 fully saturated rings. The smallest absolute Gasteiger partial charge is 0.336 e. The zero-order valence-electron chi connectivity index (χ0n) is 22.5. The van der Waals surface area contributed by atoms with E-state index in [1.807, 2.05) is 12.1 Å². The molecule has 0 aliphatic carbocycles. The lowest BCUT2D eigenvalue weighted by molar-refractivity contribution is -0.170. The average Bonchev–Trinajstić information content (AvgIpc) is 2.87. The van der Waals surface area contributed by atoms with Crippen LogP contribution >= 0.6 is 11.6 Å². The number of hydrogen-bond acceptors (Lipinski definition) is 9. The molecule has 0 spiro atoms. The van der Waals surface area contributed by atoms with Gasteiger partial charge in [0.05, 0.1) is 31.7 Å². The van der Waals surface area contributed by atoms with E-state index in [4.69, 9.17) is 46.7 Å². The van der Waals surface area contributed by atoms with Crippen molar-refractivity contribution in [3.8, 4) is 0 Å². The minimum absolute atomic E-state index is 0.318. The zero-order valence-corrected chi connectivity index (χ0v) is 23.3. The van der Waals surface area contributed by atoms with Crippen LogP contribution in [0.4, 0.5) is 5.82 Å². The Morgan fingerprint density at radius 2 is 1.70 bits per heavy atom. The van der Waals surface area contributed by atoms with Crippen molar-refractivity contribution in [1.82, 2.24) is 14.9 Å². The summed E-state index contributed by atoms with van der Waals surface area (Å²) in [6.45, 7) is 10.5. The van der Waals surface area contributed by atoms with Gasteiger partial charge in [0.1, 0.15) is 11.6 Å². The second kappa shape index (κ2) is 13.8. The number of ether oxygens (including phenoxy) is 1. The number of halogens is 1. The minimum Gasteiger partial charge on any atom is -0.481 e. The van der Waals surface area contributed by atoms with Gasteiger partial charge in [-0.25, -0.2) is 14.8 Å². The Hall–Kier alpha value is -3.32. The average molecular weight is 579 g/mol. The minimum atomic E-state index is -2.74. The Balaban J connectivity index is 0.000000289. The third-order valence-electron chi connectivity index (χ3n) is 6.55. The van der Waals surface area contributed by atoms with E-state index in [2.05, 4.69) is 35.8 Å². The van der Waals surface area contributed by atoms with Crippen molar-refractivity contribution in [1.29, 1.82) is 0 Å². The SMILES string of the molecule is CC(C)c1nc2c(c(N3CCOCC3)n1)CCN(Cc1cccc(Cl)c1)C2.O=C(O)CC(O)(CC(=O)O)C(=O)O. The van der Waals surface area contributed by atoms with Gasteiger partial charge in [-0.05, 0) is 24.1 Å². The van der Waals surface area contributed by atoms with Crippen LogP contribution in [0, 0.1) is 0 Å². The van der Waals surface area contributed by atoms with Gasteiger partial charge < -0.3 is 30.1 Å². The summed E-state index contributed by atoms with van der Waals surface area (Å²) in [5, 5.41) is 34.6. The van der Waals surface area contributed by atoms with Crippen molar-refractivity contribution in [3.05, 3.63) is 51.9 Å². The van der Waals surface area contributed by atoms with E-state index >= 15 is 0 Å². The number of aliphatic hydroxyl groups is 1. The van der Waals surface area contributed by atoms with Gasteiger partial charge in [0.2, 0.25) is 0 Å². The van der Waals surface area contributed by atoms with E-state index in [9.17, 15) is 14.4 Å². The molecule has 40 heavy (non-hydrogen) atoms. The molecular formula is C27H35ClN4O8. The molecule has 4 N–H and O–H groups in total. The van der Waals surface area contributed by atoms with E-state index in [-0.39, 0.29) is 0 Å². The molecule has 13 heteroatoms. The van der Waals surface area contributed by atoms with Crippen LogP contribution in [0.15, 0.2) is 24.3 Å². The topological polar surface area (TPSA) is 174 Å². The fourth-order valence-electron chi connectivity index (χ4n) is 4.52. The second-order valence-corrected chi connectivity index (χ2v) is 10.6. The van der Waals surface area contributed by atoms with E-state index in [0.717, 1.165) is 69.0 Å². The first kappa shape index (κ1) is 31.2. The van der Waals surface area contributed by atoms with Crippen molar-refractivity contribution >= 4 is 35.3 Å². The standard InChI is InChI=1S/C21H27ClN4O.C6H8O7/c1-15(2)20-23-19-14-25(13-16-4-3-5-17(22)12-16)7-6-18(19)21(24-20)26-8-10-27-11-9-26;7-3(8)1-6(13,5(11)12)2-4(9)10/h3-5,12,15H,6-11,13-14H2,1-2H3;13H,1-2H2,(H,7,8)(H,9,10)(H,11,12). The Kier molecular flexibility index (Phi) is 10.8. The molecule has 1 aromatic heterocycles. The number of morpholine rings is 1. The highest BCUT2D eigenvalue weighted by molar-refractivity contribution is 6.30. The molecule has 218 valence electrons. The summed E-state index contributed by atoms with van der Waals surface area (Å²) < 4.78 is 5.53. The molecule has 3 heterocycles. The Labute approximate surface area is 237 Å². The first-order valence-electron chi connectivity index (χ1n) is 13.0. The number of carboxylic acids is 3. The fourth-order valence-corrected chi connectivity index (χ4v) is 4.73. The lowest BCUT2D eigenvalue weighted by Gasteiger charge is -2.34.